The molecule has 4 rings (SSSR count). The molecule has 0 unspecified atom stereocenters. The van der Waals surface area contributed by atoms with Crippen molar-refractivity contribution >= 4 is 5.91 Å². The summed E-state index contributed by atoms with van der Waals surface area (Å²) in [7, 11) is 1.66. The first-order valence-corrected chi connectivity index (χ1v) is 11.3. The van der Waals surface area contributed by atoms with Crippen LogP contribution in [0.1, 0.15) is 55.7 Å². The fourth-order valence-corrected chi connectivity index (χ4v) is 4.78. The molecule has 2 aromatic rings. The Hall–Kier alpha value is -2.61. The number of benzene rings is 1. The van der Waals surface area contributed by atoms with Gasteiger partial charge in [-0.3, -0.25) is 14.8 Å². The highest BCUT2D eigenvalue weighted by Crippen LogP contribution is 2.32. The van der Waals surface area contributed by atoms with Crippen molar-refractivity contribution < 1.29 is 14.3 Å². The molecule has 8 nitrogen and oxygen atoms in total. The van der Waals surface area contributed by atoms with Crippen LogP contribution in [0.25, 0.3) is 0 Å². The number of nitrogens with zero attached hydrogens (tertiary/aromatic N) is 3. The van der Waals surface area contributed by atoms with Gasteiger partial charge in [0.25, 0.3) is 0 Å². The highest BCUT2D eigenvalue weighted by molar-refractivity contribution is 5.79. The third-order valence-corrected chi connectivity index (χ3v) is 6.33. The molecule has 0 spiro atoms. The van der Waals surface area contributed by atoms with Crippen LogP contribution in [0, 0.1) is 12.8 Å². The third-order valence-electron chi connectivity index (χ3n) is 6.33. The molecule has 31 heavy (non-hydrogen) atoms. The zero-order valence-corrected chi connectivity index (χ0v) is 18.7. The predicted octanol–water partition coefficient (Wildman–Crippen LogP) is 2.79. The lowest BCUT2D eigenvalue weighted by molar-refractivity contribution is -0.125. The standard InChI is InChI=1S/C23H33N5O3/c1-4-31-20-10-9-16(11-21(20)30-3)12-28-13-18(22-24-15(2)26-27-22)19(14-28)25-23(29)17-7-5-6-8-17/h9-11,17-19H,4-8,12-14H2,1-3H3,(H,25,29)(H,24,26,27)/t18-,19-/m1/s1. The van der Waals surface area contributed by atoms with E-state index in [1.807, 2.05) is 26.0 Å². The molecule has 1 amide bonds. The van der Waals surface area contributed by atoms with E-state index in [-0.39, 0.29) is 23.8 Å². The van der Waals surface area contributed by atoms with Crippen LogP contribution in [0.2, 0.25) is 0 Å². The van der Waals surface area contributed by atoms with E-state index in [9.17, 15) is 4.79 Å². The molecule has 2 N–H and O–H groups in total. The number of methoxy groups -OCH3 is 1. The van der Waals surface area contributed by atoms with Gasteiger partial charge in [0.05, 0.1) is 25.7 Å². The van der Waals surface area contributed by atoms with Crippen molar-refractivity contribution in [3.63, 3.8) is 0 Å². The lowest BCUT2D eigenvalue weighted by atomic mass is 10.0. The highest BCUT2D eigenvalue weighted by atomic mass is 16.5. The fourth-order valence-electron chi connectivity index (χ4n) is 4.78. The Labute approximate surface area is 183 Å². The Kier molecular flexibility index (Phi) is 6.75. The van der Waals surface area contributed by atoms with Crippen LogP contribution in [-0.2, 0) is 11.3 Å². The van der Waals surface area contributed by atoms with Gasteiger partial charge in [0.15, 0.2) is 17.3 Å². The van der Waals surface area contributed by atoms with E-state index in [1.165, 1.54) is 0 Å². The minimum atomic E-state index is 0.00731. The van der Waals surface area contributed by atoms with Crippen LogP contribution < -0.4 is 14.8 Å². The normalized spacial score (nSPS) is 22.0. The first-order chi connectivity index (χ1) is 15.1. The van der Waals surface area contributed by atoms with Gasteiger partial charge in [0.1, 0.15) is 5.82 Å². The van der Waals surface area contributed by atoms with Gasteiger partial charge in [-0.05, 0) is 44.4 Å². The van der Waals surface area contributed by atoms with Gasteiger partial charge < -0.3 is 14.8 Å². The summed E-state index contributed by atoms with van der Waals surface area (Å²) in [6.45, 7) is 6.79. The van der Waals surface area contributed by atoms with Gasteiger partial charge in [-0.2, -0.15) is 5.10 Å². The van der Waals surface area contributed by atoms with Crippen molar-refractivity contribution in [1.82, 2.24) is 25.4 Å². The van der Waals surface area contributed by atoms with Crippen LogP contribution in [0.15, 0.2) is 18.2 Å². The van der Waals surface area contributed by atoms with Gasteiger partial charge in [0.2, 0.25) is 5.91 Å². The first-order valence-electron chi connectivity index (χ1n) is 11.3. The van der Waals surface area contributed by atoms with Crippen LogP contribution >= 0.6 is 0 Å². The lowest BCUT2D eigenvalue weighted by Gasteiger charge is -2.20. The van der Waals surface area contributed by atoms with Crippen LogP contribution in [0.3, 0.4) is 0 Å². The summed E-state index contributed by atoms with van der Waals surface area (Å²) < 4.78 is 11.1. The van der Waals surface area contributed by atoms with Crippen molar-refractivity contribution in [3.05, 3.63) is 35.4 Å². The van der Waals surface area contributed by atoms with Crippen molar-refractivity contribution in [3.8, 4) is 11.5 Å². The summed E-state index contributed by atoms with van der Waals surface area (Å²) >= 11 is 0. The van der Waals surface area contributed by atoms with E-state index in [2.05, 4.69) is 31.5 Å². The topological polar surface area (TPSA) is 92.4 Å². The highest BCUT2D eigenvalue weighted by Gasteiger charge is 2.38. The number of aromatic amines is 1. The van der Waals surface area contributed by atoms with Crippen LogP contribution in [0.4, 0.5) is 0 Å². The number of H-pyrrole nitrogens is 1. The molecule has 1 aliphatic heterocycles. The molecule has 2 fully saturated rings. The van der Waals surface area contributed by atoms with E-state index in [0.717, 1.165) is 74.0 Å². The number of aromatic nitrogens is 3. The summed E-state index contributed by atoms with van der Waals surface area (Å²) in [5, 5.41) is 10.7. The fraction of sp³-hybridized carbons (Fsp3) is 0.609. The molecule has 1 saturated heterocycles. The largest absolute Gasteiger partial charge is 0.493 e. The Morgan fingerprint density at radius 1 is 1.26 bits per heavy atom. The van der Waals surface area contributed by atoms with E-state index in [1.54, 1.807) is 7.11 Å². The number of hydrogen-bond acceptors (Lipinski definition) is 6. The van der Waals surface area contributed by atoms with Gasteiger partial charge in [0, 0.05) is 25.6 Å². The smallest absolute Gasteiger partial charge is 0.223 e. The maximum absolute atomic E-state index is 12.8. The average molecular weight is 428 g/mol. The quantitative estimate of drug-likeness (QED) is 0.673. The van der Waals surface area contributed by atoms with E-state index < -0.39 is 0 Å². The molecule has 0 bridgehead atoms. The van der Waals surface area contributed by atoms with Gasteiger partial charge in [-0.25, -0.2) is 4.98 Å². The van der Waals surface area contributed by atoms with E-state index >= 15 is 0 Å². The minimum Gasteiger partial charge on any atom is -0.493 e. The zero-order valence-electron chi connectivity index (χ0n) is 18.7. The zero-order chi connectivity index (χ0) is 21.8. The molecule has 2 heterocycles. The van der Waals surface area contributed by atoms with Crippen molar-refractivity contribution in [2.45, 2.75) is 58.0 Å². The predicted molar refractivity (Wildman–Crippen MR) is 117 cm³/mol. The number of aryl methyl sites for hydroxylation is 1. The number of nitrogens with one attached hydrogen (secondary N) is 2. The second-order valence-corrected chi connectivity index (χ2v) is 8.59. The van der Waals surface area contributed by atoms with Gasteiger partial charge >= 0.3 is 0 Å². The molecule has 8 heteroatoms. The molecular weight excluding hydrogens is 394 g/mol. The average Bonchev–Trinajstić information content (AvgIpc) is 3.51. The Balaban J connectivity index is 1.48. The molecule has 1 saturated carbocycles. The summed E-state index contributed by atoms with van der Waals surface area (Å²) in [6.07, 6.45) is 4.30. The Bertz CT molecular complexity index is 893. The first kappa shape index (κ1) is 21.6. The number of hydrogen-bond donors (Lipinski definition) is 2. The number of rotatable bonds is 8. The number of likely N-dealkylation sites (tertiary alicyclic amines) is 1. The maximum atomic E-state index is 12.8. The van der Waals surface area contributed by atoms with Crippen molar-refractivity contribution in [2.24, 2.45) is 5.92 Å². The molecule has 1 aliphatic carbocycles. The summed E-state index contributed by atoms with van der Waals surface area (Å²) in [5.74, 6) is 3.48. The van der Waals surface area contributed by atoms with Gasteiger partial charge in [-0.1, -0.05) is 18.9 Å². The SMILES string of the molecule is CCOc1ccc(CN2C[C@@H](NC(=O)C3CCCC3)[C@H](c3n[nH]c(C)n3)C2)cc1OC. The second kappa shape index (κ2) is 9.68. The Morgan fingerprint density at radius 3 is 2.74 bits per heavy atom. The van der Waals surface area contributed by atoms with Crippen LogP contribution in [0.5, 0.6) is 11.5 Å². The molecule has 1 aromatic heterocycles. The lowest BCUT2D eigenvalue weighted by Crippen LogP contribution is -2.42. The van der Waals surface area contributed by atoms with E-state index in [0.29, 0.717) is 6.61 Å². The number of ether oxygens (including phenoxy) is 2. The monoisotopic (exact) mass is 427 g/mol. The molecule has 0 radical (unpaired) electrons. The van der Waals surface area contributed by atoms with Gasteiger partial charge in [-0.15, -0.1) is 0 Å². The van der Waals surface area contributed by atoms with E-state index in [4.69, 9.17) is 9.47 Å². The number of carbonyl (C=O) groups excluding carboxylic acids is 1. The molecule has 168 valence electrons. The number of amides is 1. The summed E-state index contributed by atoms with van der Waals surface area (Å²) in [4.78, 5) is 19.7. The van der Waals surface area contributed by atoms with Crippen molar-refractivity contribution in [2.75, 3.05) is 26.8 Å². The van der Waals surface area contributed by atoms with Crippen molar-refractivity contribution in [1.29, 1.82) is 0 Å². The number of carbonyl (C=O) groups is 1. The molecule has 2 aliphatic rings. The molecule has 1 aromatic carbocycles. The molecule has 2 atom stereocenters. The Morgan fingerprint density at radius 2 is 2.06 bits per heavy atom. The minimum absolute atomic E-state index is 0.00731. The third kappa shape index (κ3) is 5.01. The summed E-state index contributed by atoms with van der Waals surface area (Å²) in [5.41, 5.74) is 1.15. The second-order valence-electron chi connectivity index (χ2n) is 8.59. The maximum Gasteiger partial charge on any atom is 0.223 e. The molecular formula is C23H33N5O3. The van der Waals surface area contributed by atoms with Crippen LogP contribution in [-0.4, -0.2) is 58.8 Å². The summed E-state index contributed by atoms with van der Waals surface area (Å²) in [6, 6.07) is 6.07.